The van der Waals surface area contributed by atoms with Crippen molar-refractivity contribution >= 4 is 23.4 Å². The van der Waals surface area contributed by atoms with Gasteiger partial charge in [-0.25, -0.2) is 9.07 Å². The van der Waals surface area contributed by atoms with E-state index in [0.29, 0.717) is 5.69 Å². The predicted molar refractivity (Wildman–Crippen MR) is 129 cm³/mol. The summed E-state index contributed by atoms with van der Waals surface area (Å²) in [5.74, 6) is -2.97. The number of carbonyl (C=O) groups excluding carboxylic acids is 3. The molecule has 2 aromatic carbocycles. The van der Waals surface area contributed by atoms with E-state index in [9.17, 15) is 37.1 Å². The van der Waals surface area contributed by atoms with Crippen molar-refractivity contribution in [1.29, 1.82) is 0 Å². The molecular formula is C25H25F4N5O4. The molecule has 0 bridgehead atoms. The number of nitrogens with zero attached hydrogens (tertiary/aromatic N) is 3. The molecule has 202 valence electrons. The molecule has 0 saturated carbocycles. The summed E-state index contributed by atoms with van der Waals surface area (Å²) in [6, 6.07) is 10.4. The average Bonchev–Trinajstić information content (AvgIpc) is 3.26. The van der Waals surface area contributed by atoms with Gasteiger partial charge in [0.15, 0.2) is 11.4 Å². The second-order valence-corrected chi connectivity index (χ2v) is 8.50. The molecule has 0 fully saturated rings. The zero-order chi connectivity index (χ0) is 28.3. The molecule has 1 aromatic heterocycles. The van der Waals surface area contributed by atoms with Crippen molar-refractivity contribution in [3.8, 4) is 5.69 Å². The molecule has 0 aliphatic rings. The third kappa shape index (κ3) is 5.99. The molecule has 2 amide bonds. The number of nitrogen functional groups attached to an aromatic ring is 1. The third-order valence-electron chi connectivity index (χ3n) is 5.83. The van der Waals surface area contributed by atoms with Crippen molar-refractivity contribution in [3.63, 3.8) is 0 Å². The molecule has 4 N–H and O–H groups in total. The lowest BCUT2D eigenvalue weighted by Crippen LogP contribution is -2.60. The van der Waals surface area contributed by atoms with E-state index in [1.165, 1.54) is 50.2 Å². The van der Waals surface area contributed by atoms with Crippen molar-refractivity contribution < 1.29 is 37.1 Å². The summed E-state index contributed by atoms with van der Waals surface area (Å²) < 4.78 is 56.2. The van der Waals surface area contributed by atoms with E-state index in [2.05, 4.69) is 5.10 Å². The van der Waals surface area contributed by atoms with Gasteiger partial charge in [-0.2, -0.15) is 18.3 Å². The van der Waals surface area contributed by atoms with Crippen LogP contribution in [0.2, 0.25) is 0 Å². The standard InChI is InChI=1S/C25H25F4N5O4/c1-3-33(23(37)17-6-4-5-16(11-17)15(2)35)14-24(38,25(27,28)29)13-31-22(36)20-12-32-34(21(20)30)19-9-7-18(26)8-10-19/h4-12,38H,3,13-14,30H2,1-2H3,(H,31,36). The molecule has 38 heavy (non-hydrogen) atoms. The van der Waals surface area contributed by atoms with Crippen LogP contribution in [0.15, 0.2) is 54.7 Å². The van der Waals surface area contributed by atoms with Gasteiger partial charge in [-0.3, -0.25) is 14.4 Å². The Morgan fingerprint density at radius 3 is 2.32 bits per heavy atom. The van der Waals surface area contributed by atoms with Gasteiger partial charge in [0.05, 0.1) is 25.0 Å². The number of nitrogens with two attached hydrogens (primary N) is 1. The highest BCUT2D eigenvalue weighted by molar-refractivity contribution is 6.00. The zero-order valence-electron chi connectivity index (χ0n) is 20.4. The van der Waals surface area contributed by atoms with Crippen LogP contribution in [-0.2, 0) is 0 Å². The molecule has 0 aliphatic carbocycles. The molecule has 1 atom stereocenters. The molecule has 0 aliphatic heterocycles. The summed E-state index contributed by atoms with van der Waals surface area (Å²) in [5.41, 5.74) is 2.60. The van der Waals surface area contributed by atoms with Crippen LogP contribution in [-0.4, -0.2) is 68.8 Å². The van der Waals surface area contributed by atoms with E-state index in [1.54, 1.807) is 0 Å². The van der Waals surface area contributed by atoms with E-state index in [4.69, 9.17) is 5.73 Å². The summed E-state index contributed by atoms with van der Waals surface area (Å²) >= 11 is 0. The fraction of sp³-hybridized carbons (Fsp3) is 0.280. The van der Waals surface area contributed by atoms with Crippen LogP contribution < -0.4 is 11.1 Å². The lowest BCUT2D eigenvalue weighted by molar-refractivity contribution is -0.259. The van der Waals surface area contributed by atoms with E-state index in [-0.39, 0.29) is 34.8 Å². The van der Waals surface area contributed by atoms with Crippen molar-refractivity contribution in [2.24, 2.45) is 0 Å². The first kappa shape index (κ1) is 28.3. The molecule has 0 saturated heterocycles. The number of amides is 2. The summed E-state index contributed by atoms with van der Waals surface area (Å²) in [7, 11) is 0. The predicted octanol–water partition coefficient (Wildman–Crippen LogP) is 2.98. The van der Waals surface area contributed by atoms with Crippen LogP contribution in [0.5, 0.6) is 0 Å². The van der Waals surface area contributed by atoms with E-state index >= 15 is 0 Å². The lowest BCUT2D eigenvalue weighted by atomic mass is 10.0. The van der Waals surface area contributed by atoms with Crippen LogP contribution >= 0.6 is 0 Å². The maximum atomic E-state index is 14.0. The Bertz CT molecular complexity index is 1340. The zero-order valence-corrected chi connectivity index (χ0v) is 20.4. The largest absolute Gasteiger partial charge is 0.420 e. The summed E-state index contributed by atoms with van der Waals surface area (Å²) in [4.78, 5) is 38.0. The molecule has 13 heteroatoms. The van der Waals surface area contributed by atoms with Gasteiger partial charge >= 0.3 is 6.18 Å². The monoisotopic (exact) mass is 535 g/mol. The second-order valence-electron chi connectivity index (χ2n) is 8.50. The molecule has 9 nitrogen and oxygen atoms in total. The molecule has 1 heterocycles. The Morgan fingerprint density at radius 2 is 1.74 bits per heavy atom. The Balaban J connectivity index is 1.79. The second kappa shape index (κ2) is 11.0. The van der Waals surface area contributed by atoms with Gasteiger partial charge in [-0.15, -0.1) is 0 Å². The number of Topliss-reactive ketones (excluding diaryl/α,β-unsaturated/α-hetero) is 1. The first-order valence-electron chi connectivity index (χ1n) is 11.3. The molecule has 0 radical (unpaired) electrons. The minimum atomic E-state index is -5.24. The van der Waals surface area contributed by atoms with Crippen LogP contribution in [0.3, 0.4) is 0 Å². The van der Waals surface area contributed by atoms with E-state index < -0.39 is 42.5 Å². The molecular weight excluding hydrogens is 510 g/mol. The fourth-order valence-corrected chi connectivity index (χ4v) is 3.59. The highest BCUT2D eigenvalue weighted by atomic mass is 19.4. The molecule has 1 unspecified atom stereocenters. The number of halogens is 4. The number of benzene rings is 2. The maximum absolute atomic E-state index is 14.0. The van der Waals surface area contributed by atoms with Gasteiger partial charge in [0.2, 0.25) is 0 Å². The normalized spacial score (nSPS) is 13.0. The number of carbonyl (C=O) groups is 3. The van der Waals surface area contributed by atoms with Crippen LogP contribution in [0.1, 0.15) is 44.9 Å². The number of aliphatic hydroxyl groups is 1. The first-order chi connectivity index (χ1) is 17.8. The molecule has 0 spiro atoms. The van der Waals surface area contributed by atoms with Crippen molar-refractivity contribution in [2.75, 3.05) is 25.4 Å². The van der Waals surface area contributed by atoms with Crippen LogP contribution in [0, 0.1) is 5.82 Å². The Hall–Kier alpha value is -4.26. The number of alkyl halides is 3. The quantitative estimate of drug-likeness (QED) is 0.285. The smallest absolute Gasteiger partial charge is 0.383 e. The van der Waals surface area contributed by atoms with Crippen molar-refractivity contribution in [1.82, 2.24) is 20.0 Å². The van der Waals surface area contributed by atoms with Crippen molar-refractivity contribution in [3.05, 3.63) is 77.2 Å². The van der Waals surface area contributed by atoms with Gasteiger partial charge in [0.1, 0.15) is 17.2 Å². The Kier molecular flexibility index (Phi) is 8.20. The van der Waals surface area contributed by atoms with Gasteiger partial charge in [-0.05, 0) is 50.2 Å². The Morgan fingerprint density at radius 1 is 1.11 bits per heavy atom. The number of hydrogen-bond acceptors (Lipinski definition) is 6. The lowest BCUT2D eigenvalue weighted by Gasteiger charge is -2.35. The summed E-state index contributed by atoms with van der Waals surface area (Å²) in [6.07, 6.45) is -4.22. The third-order valence-corrected chi connectivity index (χ3v) is 5.83. The van der Waals surface area contributed by atoms with Crippen LogP contribution in [0.25, 0.3) is 5.69 Å². The van der Waals surface area contributed by atoms with Gasteiger partial charge in [0.25, 0.3) is 11.8 Å². The average molecular weight is 535 g/mol. The van der Waals surface area contributed by atoms with E-state index in [0.717, 1.165) is 27.9 Å². The number of likely N-dealkylation sites (N-methyl/N-ethyl adjacent to an activating group) is 1. The number of anilines is 1. The fourth-order valence-electron chi connectivity index (χ4n) is 3.59. The summed E-state index contributed by atoms with van der Waals surface area (Å²) in [6.45, 7) is 0.0103. The SMILES string of the molecule is CCN(CC(O)(CNC(=O)c1cnn(-c2ccc(F)cc2)c1N)C(F)(F)F)C(=O)c1cccc(C(C)=O)c1. The number of rotatable bonds is 9. The topological polar surface area (TPSA) is 131 Å². The number of aromatic nitrogens is 2. The number of ketones is 1. The van der Waals surface area contributed by atoms with Gasteiger partial charge < -0.3 is 21.1 Å². The van der Waals surface area contributed by atoms with E-state index in [1.807, 2.05) is 5.32 Å². The minimum absolute atomic E-state index is 0.0332. The highest BCUT2D eigenvalue weighted by Crippen LogP contribution is 2.31. The number of nitrogens with one attached hydrogen (secondary N) is 1. The van der Waals surface area contributed by atoms with Gasteiger partial charge in [0, 0.05) is 17.7 Å². The van der Waals surface area contributed by atoms with Crippen LogP contribution in [0.4, 0.5) is 23.4 Å². The minimum Gasteiger partial charge on any atom is -0.383 e. The number of hydrogen-bond donors (Lipinski definition) is 3. The summed E-state index contributed by atoms with van der Waals surface area (Å²) in [5, 5.41) is 16.5. The highest BCUT2D eigenvalue weighted by Gasteiger charge is 2.55. The Labute approximate surface area is 214 Å². The van der Waals surface area contributed by atoms with Crippen molar-refractivity contribution in [2.45, 2.75) is 25.6 Å². The maximum Gasteiger partial charge on any atom is 0.420 e. The van der Waals surface area contributed by atoms with Gasteiger partial charge in [-0.1, -0.05) is 12.1 Å². The first-order valence-corrected chi connectivity index (χ1v) is 11.3. The molecule has 3 aromatic rings. The molecule has 3 rings (SSSR count).